The average Bonchev–Trinajstić information content (AvgIpc) is 3.49. The molecule has 0 spiro atoms. The number of hydrogen-bond acceptors (Lipinski definition) is 4. The van der Waals surface area contributed by atoms with Crippen LogP contribution in [-0.2, 0) is 9.59 Å². The number of carbonyl (C=O) groups excluding carboxylic acids is 1. The number of carboxylic acids is 2. The number of benzene rings is 1. The van der Waals surface area contributed by atoms with Crippen molar-refractivity contribution in [3.05, 3.63) is 53.6 Å². The van der Waals surface area contributed by atoms with Gasteiger partial charge in [-0.3, -0.25) is 9.59 Å². The largest absolute Gasteiger partial charge is 0.481 e. The molecule has 3 N–H and O–H groups in total. The molecule has 5 aliphatic carbocycles. The first-order chi connectivity index (χ1) is 24.5. The van der Waals surface area contributed by atoms with Crippen molar-refractivity contribution in [1.82, 2.24) is 10.2 Å². The molecule has 9 atom stereocenters. The molecule has 0 heterocycles. The van der Waals surface area contributed by atoms with E-state index < -0.39 is 11.9 Å². The van der Waals surface area contributed by atoms with Crippen LogP contribution in [-0.4, -0.2) is 59.1 Å². The molecule has 1 aromatic rings. The average molecular weight is 715 g/mol. The molecule has 1 amide bonds. The van der Waals surface area contributed by atoms with Gasteiger partial charge < -0.3 is 20.4 Å². The summed E-state index contributed by atoms with van der Waals surface area (Å²) in [6, 6.07) is 7.51. The Bertz CT molecular complexity index is 1600. The zero-order chi connectivity index (χ0) is 37.9. The molecule has 5 aliphatic rings. The monoisotopic (exact) mass is 714 g/mol. The molecule has 4 unspecified atom stereocenters. The minimum atomic E-state index is -0.885. The number of nitrogens with zero attached hydrogens (tertiary/aromatic N) is 1. The van der Waals surface area contributed by atoms with Crippen LogP contribution in [0.2, 0.25) is 0 Å². The van der Waals surface area contributed by atoms with E-state index in [2.05, 4.69) is 71.3 Å². The number of carboxylic acid groups (broad SMARTS) is 2. The summed E-state index contributed by atoms with van der Waals surface area (Å²) >= 11 is 0. The minimum absolute atomic E-state index is 0.0310. The van der Waals surface area contributed by atoms with E-state index in [0.29, 0.717) is 48.1 Å². The van der Waals surface area contributed by atoms with Crippen molar-refractivity contribution in [2.75, 3.05) is 26.2 Å². The topological polar surface area (TPSA) is 107 Å². The summed E-state index contributed by atoms with van der Waals surface area (Å²) in [6.07, 6.45) is 13.1. The van der Waals surface area contributed by atoms with Gasteiger partial charge in [0.05, 0.1) is 11.0 Å². The van der Waals surface area contributed by atoms with Gasteiger partial charge in [0, 0.05) is 19.5 Å². The maximum atomic E-state index is 14.5. The molecule has 6 rings (SSSR count). The summed E-state index contributed by atoms with van der Waals surface area (Å²) in [6.45, 7) is 24.5. The standard InChI is InChI=1S/C45H66N2O5/c1-9-47(27-10-11-37(48)49)28-26-46-40(52)45-23-18-32(29(2)3)38(45)34-16-17-36-42(6)21-19-33(30-12-14-31(15-13-30)39(50)51)41(4,5)35(42)20-22-44(36,8)43(34,7)24-25-45/h12-15,19,32,34-36,38H,2,9-11,16-18,20-28H2,1,3-8H3,(H,46,52)(H,48,49)(H,50,51)/t32-,34?,35?,36?,38?,42-,43+,44+,45-/m0/s1. The Kier molecular flexibility index (Phi) is 10.5. The fourth-order valence-corrected chi connectivity index (χ4v) is 13.8. The van der Waals surface area contributed by atoms with Crippen molar-refractivity contribution in [3.63, 3.8) is 0 Å². The highest BCUT2D eigenvalue weighted by Gasteiger charge is 2.71. The number of aliphatic carboxylic acids is 1. The van der Waals surface area contributed by atoms with E-state index in [1.54, 1.807) is 12.1 Å². The molecule has 7 heteroatoms. The van der Waals surface area contributed by atoms with Crippen molar-refractivity contribution in [2.45, 2.75) is 119 Å². The van der Waals surface area contributed by atoms with Crippen LogP contribution in [0.5, 0.6) is 0 Å². The predicted molar refractivity (Wildman–Crippen MR) is 208 cm³/mol. The van der Waals surface area contributed by atoms with Crippen molar-refractivity contribution >= 4 is 23.4 Å². The van der Waals surface area contributed by atoms with Crippen LogP contribution in [0.4, 0.5) is 0 Å². The zero-order valence-electron chi connectivity index (χ0n) is 33.2. The normalized spacial score (nSPS) is 37.5. The first-order valence-corrected chi connectivity index (χ1v) is 20.4. The second-order valence-electron chi connectivity index (χ2n) is 19.0. The molecule has 0 aromatic heterocycles. The number of aromatic carboxylic acids is 1. The van der Waals surface area contributed by atoms with Crippen LogP contribution in [0.25, 0.3) is 5.57 Å². The Hall–Kier alpha value is -2.93. The van der Waals surface area contributed by atoms with E-state index >= 15 is 0 Å². The van der Waals surface area contributed by atoms with Crippen LogP contribution in [0.1, 0.15) is 135 Å². The minimum Gasteiger partial charge on any atom is -0.481 e. The molecular formula is C45H66N2O5. The quantitative estimate of drug-likeness (QED) is 0.186. The van der Waals surface area contributed by atoms with E-state index in [0.717, 1.165) is 57.3 Å². The molecule has 1 aromatic carbocycles. The third-order valence-corrected chi connectivity index (χ3v) is 16.6. The Balaban J connectivity index is 1.24. The molecule has 286 valence electrons. The summed E-state index contributed by atoms with van der Waals surface area (Å²) < 4.78 is 0. The van der Waals surface area contributed by atoms with Crippen LogP contribution in [0, 0.1) is 56.7 Å². The Morgan fingerprint density at radius 3 is 2.23 bits per heavy atom. The van der Waals surface area contributed by atoms with Crippen molar-refractivity contribution in [2.24, 2.45) is 56.7 Å². The van der Waals surface area contributed by atoms with Gasteiger partial charge in [-0.05, 0) is 159 Å². The highest BCUT2D eigenvalue weighted by Crippen LogP contribution is 2.77. The van der Waals surface area contributed by atoms with Gasteiger partial charge in [0.2, 0.25) is 5.91 Å². The van der Waals surface area contributed by atoms with Gasteiger partial charge in [-0.15, -0.1) is 0 Å². The van der Waals surface area contributed by atoms with E-state index in [4.69, 9.17) is 5.11 Å². The van der Waals surface area contributed by atoms with Gasteiger partial charge in [0.15, 0.2) is 0 Å². The first kappa shape index (κ1) is 38.8. The van der Waals surface area contributed by atoms with E-state index in [1.807, 2.05) is 12.1 Å². The second-order valence-corrected chi connectivity index (χ2v) is 19.0. The number of nitrogens with one attached hydrogen (secondary N) is 1. The van der Waals surface area contributed by atoms with Gasteiger partial charge in [-0.2, -0.15) is 0 Å². The van der Waals surface area contributed by atoms with Crippen molar-refractivity contribution in [1.29, 1.82) is 0 Å². The first-order valence-electron chi connectivity index (χ1n) is 20.4. The Morgan fingerprint density at radius 2 is 1.60 bits per heavy atom. The lowest BCUT2D eigenvalue weighted by Gasteiger charge is -2.72. The number of hydrogen-bond donors (Lipinski definition) is 3. The molecule has 0 saturated heterocycles. The second kappa shape index (κ2) is 14.0. The van der Waals surface area contributed by atoms with Crippen molar-refractivity contribution in [3.8, 4) is 0 Å². The van der Waals surface area contributed by atoms with Gasteiger partial charge in [0.1, 0.15) is 0 Å². The van der Waals surface area contributed by atoms with Crippen LogP contribution >= 0.6 is 0 Å². The molecule has 7 nitrogen and oxygen atoms in total. The summed E-state index contributed by atoms with van der Waals surface area (Å²) in [7, 11) is 0. The van der Waals surface area contributed by atoms with Crippen LogP contribution < -0.4 is 5.32 Å². The zero-order valence-corrected chi connectivity index (χ0v) is 33.2. The lowest BCUT2D eigenvalue weighted by molar-refractivity contribution is -0.225. The number of likely N-dealkylation sites (N-methyl/N-ethyl adjacent to an activating group) is 1. The number of fused-ring (bicyclic) bond motifs is 7. The predicted octanol–water partition coefficient (Wildman–Crippen LogP) is 9.34. The summed E-state index contributed by atoms with van der Waals surface area (Å²) in [4.78, 5) is 39.4. The fourth-order valence-electron chi connectivity index (χ4n) is 13.8. The maximum absolute atomic E-state index is 14.5. The SMILES string of the molecule is C=C(C)[C@@H]1CC[C@]2(C(=O)NCCN(CC)CCCC(=O)O)CC[C@]3(C)C(CCC4[C@@]5(C)CC=C(c6ccc(C(=O)O)cc6)C(C)(C)C5CC[C@]43C)C12. The lowest BCUT2D eigenvalue weighted by Crippen LogP contribution is -2.66. The molecule has 0 aliphatic heterocycles. The highest BCUT2D eigenvalue weighted by atomic mass is 16.4. The lowest BCUT2D eigenvalue weighted by atomic mass is 9.32. The summed E-state index contributed by atoms with van der Waals surface area (Å²) in [5, 5.41) is 22.0. The van der Waals surface area contributed by atoms with Gasteiger partial charge in [-0.1, -0.05) is 71.9 Å². The molecule has 0 radical (unpaired) electrons. The summed E-state index contributed by atoms with van der Waals surface area (Å²) in [5.41, 5.74) is 4.19. The summed E-state index contributed by atoms with van der Waals surface area (Å²) in [5.74, 6) is 0.903. The van der Waals surface area contributed by atoms with E-state index in [1.165, 1.54) is 36.8 Å². The van der Waals surface area contributed by atoms with Gasteiger partial charge in [-0.25, -0.2) is 4.79 Å². The third kappa shape index (κ3) is 6.09. The molecule has 52 heavy (non-hydrogen) atoms. The number of allylic oxidation sites excluding steroid dienone is 3. The number of rotatable bonds is 12. The number of carbonyl (C=O) groups is 3. The molecule has 4 fully saturated rings. The van der Waals surface area contributed by atoms with Crippen LogP contribution in [0.15, 0.2) is 42.5 Å². The Labute approximate surface area is 313 Å². The van der Waals surface area contributed by atoms with Crippen LogP contribution in [0.3, 0.4) is 0 Å². The fraction of sp³-hybridized carbons (Fsp3) is 0.711. The van der Waals surface area contributed by atoms with Gasteiger partial charge in [0.25, 0.3) is 0 Å². The molecular weight excluding hydrogens is 649 g/mol. The highest BCUT2D eigenvalue weighted by molar-refractivity contribution is 5.88. The van der Waals surface area contributed by atoms with E-state index in [-0.39, 0.29) is 39.4 Å². The molecule has 0 bridgehead atoms. The van der Waals surface area contributed by atoms with Gasteiger partial charge >= 0.3 is 11.9 Å². The molecule has 4 saturated carbocycles. The van der Waals surface area contributed by atoms with Crippen molar-refractivity contribution < 1.29 is 24.6 Å². The number of amides is 1. The third-order valence-electron chi connectivity index (χ3n) is 16.6. The maximum Gasteiger partial charge on any atom is 0.335 e. The van der Waals surface area contributed by atoms with E-state index in [9.17, 15) is 19.5 Å². The Morgan fingerprint density at radius 1 is 0.885 bits per heavy atom. The smallest absolute Gasteiger partial charge is 0.335 e.